The minimum atomic E-state index is -3.59. The summed E-state index contributed by atoms with van der Waals surface area (Å²) >= 11 is 0. The minimum absolute atomic E-state index is 0.147. The maximum atomic E-state index is 11.8. The Morgan fingerprint density at radius 2 is 1.56 bits per heavy atom. The van der Waals surface area contributed by atoms with Crippen molar-refractivity contribution in [2.24, 2.45) is 5.92 Å². The zero-order valence-electron chi connectivity index (χ0n) is 10.6. The molecule has 106 valence electrons. The molecule has 1 aliphatic rings. The van der Waals surface area contributed by atoms with Crippen molar-refractivity contribution < 1.29 is 21.6 Å². The lowest BCUT2D eigenvalue weighted by Crippen LogP contribution is -2.28. The Bertz CT molecular complexity index is 484. The molecule has 7 heteroatoms. The van der Waals surface area contributed by atoms with Gasteiger partial charge in [0.25, 0.3) is 0 Å². The molecule has 1 saturated carbocycles. The van der Waals surface area contributed by atoms with Crippen LogP contribution < -0.4 is 0 Å². The van der Waals surface area contributed by atoms with Gasteiger partial charge < -0.3 is 0 Å². The fourth-order valence-electron chi connectivity index (χ4n) is 2.11. The first-order valence-electron chi connectivity index (χ1n) is 6.10. The lowest BCUT2D eigenvalue weighted by atomic mass is 9.87. The van der Waals surface area contributed by atoms with Gasteiger partial charge in [-0.25, -0.2) is 16.8 Å². The Morgan fingerprint density at radius 1 is 1.00 bits per heavy atom. The second kappa shape index (κ2) is 6.14. The van der Waals surface area contributed by atoms with Crippen molar-refractivity contribution in [1.82, 2.24) is 0 Å². The smallest absolute Gasteiger partial charge is 0.158 e. The second-order valence-corrected chi connectivity index (χ2v) is 9.47. The number of hydrogen-bond acceptors (Lipinski definition) is 5. The molecule has 1 rings (SSSR count). The standard InChI is InChI=1S/C11H20O5S2/c1-17(13,14)7-8-18(15,16)9-11(12)10-5-3-2-4-6-10/h10H,2-9H2,1H3. The molecule has 0 amide bonds. The summed E-state index contributed by atoms with van der Waals surface area (Å²) in [5.41, 5.74) is 0. The van der Waals surface area contributed by atoms with Crippen LogP contribution in [0.2, 0.25) is 0 Å². The van der Waals surface area contributed by atoms with Crippen LogP contribution >= 0.6 is 0 Å². The Kier molecular flexibility index (Phi) is 5.33. The molecule has 1 aliphatic carbocycles. The van der Waals surface area contributed by atoms with Gasteiger partial charge in [0.15, 0.2) is 15.6 Å². The lowest BCUT2D eigenvalue weighted by Gasteiger charge is -2.20. The maximum absolute atomic E-state index is 11.8. The van der Waals surface area contributed by atoms with E-state index in [0.717, 1.165) is 38.4 Å². The fourth-order valence-corrected chi connectivity index (χ4v) is 5.15. The third-order valence-electron chi connectivity index (χ3n) is 3.19. The van der Waals surface area contributed by atoms with E-state index in [9.17, 15) is 21.6 Å². The molecular formula is C11H20O5S2. The number of Topliss-reactive ketones (excluding diaryl/α,β-unsaturated/α-hetero) is 1. The molecule has 0 aliphatic heterocycles. The molecule has 1 fully saturated rings. The van der Waals surface area contributed by atoms with E-state index in [1.807, 2.05) is 0 Å². The van der Waals surface area contributed by atoms with Gasteiger partial charge in [-0.05, 0) is 12.8 Å². The molecule has 0 aromatic heterocycles. The molecule has 0 N–H and O–H groups in total. The summed E-state index contributed by atoms with van der Waals surface area (Å²) in [6.07, 6.45) is 5.57. The average Bonchev–Trinajstić information content (AvgIpc) is 2.26. The van der Waals surface area contributed by atoms with Crippen LogP contribution in [0.5, 0.6) is 0 Å². The average molecular weight is 296 g/mol. The summed E-state index contributed by atoms with van der Waals surface area (Å²) in [5, 5.41) is 0. The highest BCUT2D eigenvalue weighted by Crippen LogP contribution is 2.24. The van der Waals surface area contributed by atoms with Crippen LogP contribution in [-0.4, -0.2) is 46.1 Å². The third kappa shape index (κ3) is 5.95. The van der Waals surface area contributed by atoms with Crippen molar-refractivity contribution in [3.05, 3.63) is 0 Å². The molecule has 18 heavy (non-hydrogen) atoms. The van der Waals surface area contributed by atoms with Gasteiger partial charge in [-0.2, -0.15) is 0 Å². The van der Waals surface area contributed by atoms with Gasteiger partial charge in [0.1, 0.15) is 15.6 Å². The molecular weight excluding hydrogens is 276 g/mol. The summed E-state index contributed by atoms with van der Waals surface area (Å²) < 4.78 is 45.1. The summed E-state index contributed by atoms with van der Waals surface area (Å²) in [6, 6.07) is 0. The van der Waals surface area contributed by atoms with Gasteiger partial charge in [-0.3, -0.25) is 4.79 Å². The number of hydrogen-bond donors (Lipinski definition) is 0. The van der Waals surface area contributed by atoms with Crippen molar-refractivity contribution in [3.8, 4) is 0 Å². The zero-order valence-corrected chi connectivity index (χ0v) is 12.2. The first-order valence-corrected chi connectivity index (χ1v) is 9.99. The van der Waals surface area contributed by atoms with Crippen LogP contribution in [0.4, 0.5) is 0 Å². The quantitative estimate of drug-likeness (QED) is 0.716. The molecule has 0 aromatic rings. The van der Waals surface area contributed by atoms with Gasteiger partial charge in [0, 0.05) is 12.2 Å². The zero-order chi connectivity index (χ0) is 13.8. The third-order valence-corrected chi connectivity index (χ3v) is 5.94. The van der Waals surface area contributed by atoms with E-state index in [4.69, 9.17) is 0 Å². The number of carbonyl (C=O) groups is 1. The van der Waals surface area contributed by atoms with Gasteiger partial charge in [0.05, 0.1) is 11.5 Å². The SMILES string of the molecule is CS(=O)(=O)CCS(=O)(=O)CC(=O)C1CCCCC1. The van der Waals surface area contributed by atoms with E-state index in [1.54, 1.807) is 0 Å². The van der Waals surface area contributed by atoms with Crippen LogP contribution in [0.3, 0.4) is 0 Å². The second-order valence-electron chi connectivity index (χ2n) is 5.02. The van der Waals surface area contributed by atoms with E-state index in [1.165, 1.54) is 0 Å². The van der Waals surface area contributed by atoms with E-state index < -0.39 is 36.9 Å². The van der Waals surface area contributed by atoms with Crippen LogP contribution in [-0.2, 0) is 24.5 Å². The predicted octanol–water partition coefficient (Wildman–Crippen LogP) is 0.595. The molecule has 0 bridgehead atoms. The van der Waals surface area contributed by atoms with E-state index in [-0.39, 0.29) is 11.7 Å². The first kappa shape index (κ1) is 15.6. The van der Waals surface area contributed by atoms with Crippen molar-refractivity contribution in [3.63, 3.8) is 0 Å². The molecule has 5 nitrogen and oxygen atoms in total. The largest absolute Gasteiger partial charge is 0.298 e. The summed E-state index contributed by atoms with van der Waals surface area (Å²) in [4.78, 5) is 11.8. The first-order chi connectivity index (χ1) is 8.20. The molecule has 0 heterocycles. The molecule has 0 atom stereocenters. The monoisotopic (exact) mass is 296 g/mol. The molecule has 0 unspecified atom stereocenters. The summed E-state index contributed by atoms with van der Waals surface area (Å²) in [5.74, 6) is -1.76. The molecule has 0 spiro atoms. The summed E-state index contributed by atoms with van der Waals surface area (Å²) in [7, 11) is -6.90. The molecule has 0 saturated heterocycles. The Morgan fingerprint density at radius 3 is 2.06 bits per heavy atom. The number of sulfone groups is 2. The van der Waals surface area contributed by atoms with Crippen molar-refractivity contribution in [2.45, 2.75) is 32.1 Å². The highest BCUT2D eigenvalue weighted by molar-refractivity contribution is 7.95. The van der Waals surface area contributed by atoms with Gasteiger partial charge in [-0.15, -0.1) is 0 Å². The maximum Gasteiger partial charge on any atom is 0.158 e. The van der Waals surface area contributed by atoms with Crippen LogP contribution in [0.25, 0.3) is 0 Å². The fraction of sp³-hybridized carbons (Fsp3) is 0.909. The van der Waals surface area contributed by atoms with E-state index in [2.05, 4.69) is 0 Å². The lowest BCUT2D eigenvalue weighted by molar-refractivity contribution is -0.121. The van der Waals surface area contributed by atoms with Crippen LogP contribution in [0.1, 0.15) is 32.1 Å². The van der Waals surface area contributed by atoms with Crippen molar-refractivity contribution in [1.29, 1.82) is 0 Å². The number of rotatable bonds is 6. The number of carbonyl (C=O) groups excluding carboxylic acids is 1. The Balaban J connectivity index is 2.51. The minimum Gasteiger partial charge on any atom is -0.298 e. The van der Waals surface area contributed by atoms with Crippen molar-refractivity contribution >= 4 is 25.5 Å². The predicted molar refractivity (Wildman–Crippen MR) is 69.9 cm³/mol. The van der Waals surface area contributed by atoms with Gasteiger partial charge in [-0.1, -0.05) is 19.3 Å². The Hall–Kier alpha value is -0.430. The van der Waals surface area contributed by atoms with Crippen LogP contribution in [0, 0.1) is 5.92 Å². The van der Waals surface area contributed by atoms with Crippen LogP contribution in [0.15, 0.2) is 0 Å². The highest BCUT2D eigenvalue weighted by atomic mass is 32.2. The Labute approximate surface area is 109 Å². The van der Waals surface area contributed by atoms with Gasteiger partial charge >= 0.3 is 0 Å². The van der Waals surface area contributed by atoms with Gasteiger partial charge in [0.2, 0.25) is 0 Å². The number of ketones is 1. The topological polar surface area (TPSA) is 85.3 Å². The normalized spacial score (nSPS) is 18.7. The molecule has 0 radical (unpaired) electrons. The van der Waals surface area contributed by atoms with E-state index >= 15 is 0 Å². The highest BCUT2D eigenvalue weighted by Gasteiger charge is 2.26. The molecule has 0 aromatic carbocycles. The van der Waals surface area contributed by atoms with Crippen molar-refractivity contribution in [2.75, 3.05) is 23.5 Å². The van der Waals surface area contributed by atoms with E-state index in [0.29, 0.717) is 0 Å². The summed E-state index contributed by atoms with van der Waals surface area (Å²) in [6.45, 7) is 0.